The number of nitrogens with zero attached hydrogens (tertiary/aromatic N) is 2. The van der Waals surface area contributed by atoms with Crippen molar-refractivity contribution in [1.82, 2.24) is 9.78 Å². The van der Waals surface area contributed by atoms with Gasteiger partial charge in [0.25, 0.3) is 0 Å². The van der Waals surface area contributed by atoms with Crippen LogP contribution in [0.25, 0.3) is 0 Å². The predicted octanol–water partition coefficient (Wildman–Crippen LogP) is 1.79. The molecular formula is C10H16N2O2S. The highest BCUT2D eigenvalue weighted by atomic mass is 32.2. The second-order valence-electron chi connectivity index (χ2n) is 4.20. The number of rotatable bonds is 2. The Morgan fingerprint density at radius 1 is 1.33 bits per heavy atom. The molecule has 0 atom stereocenters. The highest BCUT2D eigenvalue weighted by molar-refractivity contribution is 7.90. The third kappa shape index (κ3) is 2.40. The molecule has 1 heterocycles. The van der Waals surface area contributed by atoms with Crippen LogP contribution in [-0.2, 0) is 9.84 Å². The first kappa shape index (κ1) is 10.7. The Labute approximate surface area is 90.2 Å². The highest BCUT2D eigenvalue weighted by Gasteiger charge is 2.18. The minimum Gasteiger partial charge on any atom is -0.268 e. The van der Waals surface area contributed by atoms with Crippen molar-refractivity contribution in [2.24, 2.45) is 0 Å². The van der Waals surface area contributed by atoms with Gasteiger partial charge < -0.3 is 0 Å². The molecule has 0 aromatic carbocycles. The zero-order chi connectivity index (χ0) is 10.9. The van der Waals surface area contributed by atoms with Gasteiger partial charge in [0.1, 0.15) is 0 Å². The van der Waals surface area contributed by atoms with E-state index in [0.717, 1.165) is 12.8 Å². The summed E-state index contributed by atoms with van der Waals surface area (Å²) in [6.07, 6.45) is 8.94. The molecule has 4 nitrogen and oxygen atoms in total. The second kappa shape index (κ2) is 3.96. The largest absolute Gasteiger partial charge is 0.268 e. The van der Waals surface area contributed by atoms with E-state index in [2.05, 4.69) is 5.10 Å². The molecule has 15 heavy (non-hydrogen) atoms. The Bertz CT molecular complexity index is 430. The van der Waals surface area contributed by atoms with Gasteiger partial charge in [-0.3, -0.25) is 4.68 Å². The molecule has 1 aliphatic carbocycles. The van der Waals surface area contributed by atoms with Gasteiger partial charge in [-0.15, -0.1) is 0 Å². The van der Waals surface area contributed by atoms with Crippen LogP contribution in [0, 0.1) is 0 Å². The van der Waals surface area contributed by atoms with Crippen molar-refractivity contribution in [2.75, 3.05) is 6.26 Å². The number of hydrogen-bond donors (Lipinski definition) is 0. The zero-order valence-corrected chi connectivity index (χ0v) is 9.70. The van der Waals surface area contributed by atoms with Crippen LogP contribution in [0.5, 0.6) is 0 Å². The van der Waals surface area contributed by atoms with Crippen molar-refractivity contribution in [3.63, 3.8) is 0 Å². The van der Waals surface area contributed by atoms with Gasteiger partial charge in [0.05, 0.1) is 6.04 Å². The molecule has 0 saturated heterocycles. The molecule has 0 radical (unpaired) electrons. The summed E-state index contributed by atoms with van der Waals surface area (Å²) in [5.41, 5.74) is 0. The molecule has 0 N–H and O–H groups in total. The summed E-state index contributed by atoms with van der Waals surface area (Å²) in [5, 5.41) is 4.32. The summed E-state index contributed by atoms with van der Waals surface area (Å²) >= 11 is 0. The van der Waals surface area contributed by atoms with Crippen molar-refractivity contribution >= 4 is 9.84 Å². The van der Waals surface area contributed by atoms with Crippen molar-refractivity contribution in [2.45, 2.75) is 43.2 Å². The van der Waals surface area contributed by atoms with E-state index in [9.17, 15) is 8.42 Å². The van der Waals surface area contributed by atoms with Gasteiger partial charge in [-0.05, 0) is 18.9 Å². The molecule has 0 spiro atoms. The summed E-state index contributed by atoms with van der Waals surface area (Å²) in [6, 6.07) is 1.98. The minimum atomic E-state index is -3.15. The molecule has 1 saturated carbocycles. The molecule has 5 heteroatoms. The van der Waals surface area contributed by atoms with E-state index in [1.807, 2.05) is 4.68 Å². The molecule has 84 valence electrons. The van der Waals surface area contributed by atoms with Gasteiger partial charge in [0.2, 0.25) is 0 Å². The lowest BCUT2D eigenvalue weighted by Crippen LogP contribution is -2.13. The van der Waals surface area contributed by atoms with Gasteiger partial charge in [-0.1, -0.05) is 19.3 Å². The second-order valence-corrected chi connectivity index (χ2v) is 6.16. The first-order valence-electron chi connectivity index (χ1n) is 5.32. The van der Waals surface area contributed by atoms with Crippen LogP contribution < -0.4 is 0 Å². The molecule has 0 amide bonds. The van der Waals surface area contributed by atoms with Crippen molar-refractivity contribution in [3.8, 4) is 0 Å². The van der Waals surface area contributed by atoms with Gasteiger partial charge in [-0.25, -0.2) is 8.42 Å². The Kier molecular flexibility index (Phi) is 2.82. The maximum absolute atomic E-state index is 11.3. The van der Waals surface area contributed by atoms with E-state index in [1.54, 1.807) is 12.3 Å². The SMILES string of the molecule is CS(=O)(=O)c1ccn(C2CCCCC2)n1. The fourth-order valence-corrected chi connectivity index (χ4v) is 2.62. The molecule has 1 fully saturated rings. The van der Waals surface area contributed by atoms with E-state index in [1.165, 1.54) is 25.5 Å². The molecule has 1 aliphatic rings. The van der Waals surface area contributed by atoms with E-state index < -0.39 is 9.84 Å². The first-order valence-corrected chi connectivity index (χ1v) is 7.22. The van der Waals surface area contributed by atoms with Crippen molar-refractivity contribution in [3.05, 3.63) is 12.3 Å². The summed E-state index contributed by atoms with van der Waals surface area (Å²) in [7, 11) is -3.15. The van der Waals surface area contributed by atoms with Gasteiger partial charge in [-0.2, -0.15) is 5.10 Å². The summed E-state index contributed by atoms with van der Waals surface area (Å²) in [4.78, 5) is 0. The van der Waals surface area contributed by atoms with E-state index in [-0.39, 0.29) is 5.03 Å². The van der Waals surface area contributed by atoms with Crippen molar-refractivity contribution in [1.29, 1.82) is 0 Å². The lowest BCUT2D eigenvalue weighted by atomic mass is 9.96. The Hall–Kier alpha value is -0.840. The van der Waals surface area contributed by atoms with Crippen LogP contribution in [0.3, 0.4) is 0 Å². The molecular weight excluding hydrogens is 212 g/mol. The molecule has 0 unspecified atom stereocenters. The van der Waals surface area contributed by atoms with Gasteiger partial charge >= 0.3 is 0 Å². The van der Waals surface area contributed by atoms with Crippen LogP contribution in [0.2, 0.25) is 0 Å². The highest BCUT2D eigenvalue weighted by Crippen LogP contribution is 2.27. The fourth-order valence-electron chi connectivity index (χ4n) is 2.07. The summed E-state index contributed by atoms with van der Waals surface area (Å²) in [6.45, 7) is 0. The van der Waals surface area contributed by atoms with E-state index in [0.29, 0.717) is 6.04 Å². The average molecular weight is 228 g/mol. The maximum atomic E-state index is 11.3. The normalized spacial score (nSPS) is 19.3. The molecule has 1 aromatic rings. The lowest BCUT2D eigenvalue weighted by molar-refractivity contribution is 0.326. The fraction of sp³-hybridized carbons (Fsp3) is 0.700. The van der Waals surface area contributed by atoms with Gasteiger partial charge in [0, 0.05) is 12.5 Å². The summed E-state index contributed by atoms with van der Waals surface area (Å²) < 4.78 is 24.3. The number of aromatic nitrogens is 2. The first-order chi connectivity index (χ1) is 7.07. The van der Waals surface area contributed by atoms with E-state index in [4.69, 9.17) is 0 Å². The van der Waals surface area contributed by atoms with E-state index >= 15 is 0 Å². The Morgan fingerprint density at radius 2 is 2.00 bits per heavy atom. The third-order valence-electron chi connectivity index (χ3n) is 2.91. The smallest absolute Gasteiger partial charge is 0.194 e. The van der Waals surface area contributed by atoms with Crippen LogP contribution in [-0.4, -0.2) is 24.5 Å². The number of sulfone groups is 1. The Balaban J connectivity index is 2.19. The standard InChI is InChI=1S/C10H16N2O2S/c1-15(13,14)10-7-8-12(11-10)9-5-3-2-4-6-9/h7-9H,2-6H2,1H3. The van der Waals surface area contributed by atoms with Crippen LogP contribution in [0.1, 0.15) is 38.1 Å². The minimum absolute atomic E-state index is 0.188. The van der Waals surface area contributed by atoms with Crippen LogP contribution >= 0.6 is 0 Å². The monoisotopic (exact) mass is 228 g/mol. The predicted molar refractivity (Wildman–Crippen MR) is 57.5 cm³/mol. The van der Waals surface area contributed by atoms with Crippen LogP contribution in [0.4, 0.5) is 0 Å². The topological polar surface area (TPSA) is 52.0 Å². The average Bonchev–Trinajstić information content (AvgIpc) is 2.67. The Morgan fingerprint density at radius 3 is 2.53 bits per heavy atom. The molecule has 0 aliphatic heterocycles. The summed E-state index contributed by atoms with van der Waals surface area (Å²) in [5.74, 6) is 0. The molecule has 2 rings (SSSR count). The maximum Gasteiger partial charge on any atom is 0.194 e. The molecule has 0 bridgehead atoms. The molecule has 1 aromatic heterocycles. The quantitative estimate of drug-likeness (QED) is 0.775. The van der Waals surface area contributed by atoms with Crippen LogP contribution in [0.15, 0.2) is 17.3 Å². The van der Waals surface area contributed by atoms with Crippen molar-refractivity contribution < 1.29 is 8.42 Å². The van der Waals surface area contributed by atoms with Gasteiger partial charge in [0.15, 0.2) is 14.9 Å². The zero-order valence-electron chi connectivity index (χ0n) is 8.89. The third-order valence-corrected chi connectivity index (χ3v) is 3.89. The lowest BCUT2D eigenvalue weighted by Gasteiger charge is -2.21. The number of hydrogen-bond acceptors (Lipinski definition) is 3.